The Morgan fingerprint density at radius 1 is 1.44 bits per heavy atom. The van der Waals surface area contributed by atoms with Crippen LogP contribution in [0.5, 0.6) is 11.5 Å². The van der Waals surface area contributed by atoms with Gasteiger partial charge in [-0.1, -0.05) is 12.1 Å². The minimum Gasteiger partial charge on any atom is -0.497 e. The Kier molecular flexibility index (Phi) is 5.65. The molecule has 168 valence electrons. The second kappa shape index (κ2) is 8.41. The summed E-state index contributed by atoms with van der Waals surface area (Å²) in [6, 6.07) is 7.46. The number of hydrogen-bond donors (Lipinski definition) is 3. The van der Waals surface area contributed by atoms with Crippen molar-refractivity contribution in [3.05, 3.63) is 57.6 Å². The van der Waals surface area contributed by atoms with Gasteiger partial charge in [0.1, 0.15) is 23.6 Å². The van der Waals surface area contributed by atoms with E-state index in [4.69, 9.17) is 15.2 Å². The van der Waals surface area contributed by atoms with Crippen LogP contribution in [0.25, 0.3) is 10.9 Å². The van der Waals surface area contributed by atoms with E-state index in [1.807, 2.05) is 31.2 Å². The van der Waals surface area contributed by atoms with Gasteiger partial charge in [-0.3, -0.25) is 4.79 Å². The highest BCUT2D eigenvalue weighted by Gasteiger charge is 2.30. The Balaban J connectivity index is 1.69. The van der Waals surface area contributed by atoms with Gasteiger partial charge in [0.2, 0.25) is 5.43 Å². The normalized spacial score (nSPS) is 14.8. The first kappa shape index (κ1) is 21.5. The summed E-state index contributed by atoms with van der Waals surface area (Å²) >= 11 is 0. The lowest BCUT2D eigenvalue weighted by Gasteiger charge is -2.29. The van der Waals surface area contributed by atoms with E-state index in [1.165, 1.54) is 6.20 Å². The lowest BCUT2D eigenvalue weighted by atomic mass is 10.0. The standard InChI is InChI=1S/C23H24FN3O5/c1-12-11-32-22-19(26-8-4-6-13-5-3-7-14(9-13)31-2)17(24)18(25)16-20(22)27(12)10-15(21(16)28)23(29)30/h3,5,7,9-10,12,26H,4,6,8,11,25H2,1-2H3,(H,29,30)/t12-/m0/s1. The van der Waals surface area contributed by atoms with Crippen LogP contribution >= 0.6 is 0 Å². The molecule has 0 saturated heterocycles. The van der Waals surface area contributed by atoms with Gasteiger partial charge in [0, 0.05) is 12.7 Å². The highest BCUT2D eigenvalue weighted by Crippen LogP contribution is 2.43. The number of carboxylic acid groups (broad SMARTS) is 1. The topological polar surface area (TPSA) is 116 Å². The zero-order valence-electron chi connectivity index (χ0n) is 17.8. The molecule has 0 fully saturated rings. The van der Waals surface area contributed by atoms with Crippen LogP contribution in [0.1, 0.15) is 35.3 Å². The van der Waals surface area contributed by atoms with Gasteiger partial charge < -0.3 is 30.2 Å². The molecule has 2 aromatic carbocycles. The van der Waals surface area contributed by atoms with Crippen molar-refractivity contribution in [3.8, 4) is 11.5 Å². The van der Waals surface area contributed by atoms with E-state index in [9.17, 15) is 14.7 Å². The number of hydrogen-bond acceptors (Lipinski definition) is 6. The number of ether oxygens (including phenoxy) is 2. The summed E-state index contributed by atoms with van der Waals surface area (Å²) < 4.78 is 27.9. The molecular weight excluding hydrogens is 417 g/mol. The van der Waals surface area contributed by atoms with Crippen molar-refractivity contribution in [2.24, 2.45) is 0 Å². The molecule has 0 aliphatic carbocycles. The smallest absolute Gasteiger partial charge is 0.341 e. The number of anilines is 2. The molecule has 1 aliphatic rings. The predicted octanol–water partition coefficient (Wildman–Crippen LogP) is 3.43. The largest absolute Gasteiger partial charge is 0.497 e. The van der Waals surface area contributed by atoms with Gasteiger partial charge in [0.15, 0.2) is 11.6 Å². The molecular formula is C23H24FN3O5. The van der Waals surface area contributed by atoms with Crippen molar-refractivity contribution in [2.75, 3.05) is 31.3 Å². The van der Waals surface area contributed by atoms with Crippen molar-refractivity contribution in [1.29, 1.82) is 0 Å². The summed E-state index contributed by atoms with van der Waals surface area (Å²) in [6.07, 6.45) is 2.72. The van der Waals surface area contributed by atoms with Gasteiger partial charge in [0.05, 0.1) is 29.7 Å². The number of benzene rings is 2. The quantitative estimate of drug-likeness (QED) is 0.380. The van der Waals surface area contributed by atoms with E-state index < -0.39 is 28.5 Å². The third kappa shape index (κ3) is 3.59. The molecule has 1 aromatic heterocycles. The maximum Gasteiger partial charge on any atom is 0.341 e. The number of aryl methyl sites for hydroxylation is 1. The molecule has 4 N–H and O–H groups in total. The van der Waals surface area contributed by atoms with Crippen molar-refractivity contribution in [3.63, 3.8) is 0 Å². The first-order chi connectivity index (χ1) is 15.3. The molecule has 0 unspecified atom stereocenters. The van der Waals surface area contributed by atoms with Crippen molar-refractivity contribution < 1.29 is 23.8 Å². The van der Waals surface area contributed by atoms with Crippen molar-refractivity contribution in [2.45, 2.75) is 25.8 Å². The third-order valence-corrected chi connectivity index (χ3v) is 5.65. The van der Waals surface area contributed by atoms with Gasteiger partial charge in [-0.2, -0.15) is 0 Å². The highest BCUT2D eigenvalue weighted by atomic mass is 19.1. The summed E-state index contributed by atoms with van der Waals surface area (Å²) in [7, 11) is 1.61. The van der Waals surface area contributed by atoms with Crippen LogP contribution in [-0.2, 0) is 6.42 Å². The number of halogens is 1. The zero-order valence-corrected chi connectivity index (χ0v) is 17.8. The van der Waals surface area contributed by atoms with Crippen LogP contribution in [0.2, 0.25) is 0 Å². The minimum atomic E-state index is -1.39. The Morgan fingerprint density at radius 3 is 2.94 bits per heavy atom. The van der Waals surface area contributed by atoms with E-state index in [-0.39, 0.29) is 29.5 Å². The van der Waals surface area contributed by atoms with E-state index >= 15 is 4.39 Å². The first-order valence-electron chi connectivity index (χ1n) is 10.3. The molecule has 32 heavy (non-hydrogen) atoms. The second-order valence-electron chi connectivity index (χ2n) is 7.78. The SMILES string of the molecule is COc1cccc(CCCNc2c(F)c(N)c3c(=O)c(C(=O)O)cn4c3c2OC[C@@H]4C)c1. The Labute approximate surface area is 183 Å². The lowest BCUT2D eigenvalue weighted by Crippen LogP contribution is -2.28. The third-order valence-electron chi connectivity index (χ3n) is 5.65. The maximum atomic E-state index is 15.2. The van der Waals surface area contributed by atoms with Crippen LogP contribution in [0.3, 0.4) is 0 Å². The molecule has 3 aromatic rings. The minimum absolute atomic E-state index is 0.0729. The van der Waals surface area contributed by atoms with E-state index in [0.717, 1.165) is 17.7 Å². The maximum absolute atomic E-state index is 15.2. The van der Waals surface area contributed by atoms with E-state index in [0.29, 0.717) is 18.5 Å². The molecule has 0 saturated carbocycles. The average molecular weight is 441 g/mol. The molecule has 9 heteroatoms. The fourth-order valence-corrected chi connectivity index (χ4v) is 3.99. The Bertz CT molecular complexity index is 1270. The van der Waals surface area contributed by atoms with Crippen LogP contribution in [-0.4, -0.2) is 35.9 Å². The van der Waals surface area contributed by atoms with Crippen LogP contribution < -0.4 is 26.0 Å². The number of carboxylic acids is 1. The van der Waals surface area contributed by atoms with Gasteiger partial charge in [-0.25, -0.2) is 9.18 Å². The molecule has 4 rings (SSSR count). The number of rotatable bonds is 7. The molecule has 1 atom stereocenters. The molecule has 0 amide bonds. The monoisotopic (exact) mass is 441 g/mol. The molecule has 2 heterocycles. The summed E-state index contributed by atoms with van der Waals surface area (Å²) in [5.41, 5.74) is 5.77. The van der Waals surface area contributed by atoms with Crippen LogP contribution in [0, 0.1) is 5.82 Å². The number of nitrogens with zero attached hydrogens (tertiary/aromatic N) is 1. The van der Waals surface area contributed by atoms with Gasteiger partial charge in [0.25, 0.3) is 0 Å². The number of methoxy groups -OCH3 is 1. The second-order valence-corrected chi connectivity index (χ2v) is 7.78. The number of nitrogen functional groups attached to an aromatic ring is 1. The Hall–Kier alpha value is -3.75. The number of aromatic nitrogens is 1. The molecule has 1 aliphatic heterocycles. The predicted molar refractivity (Wildman–Crippen MR) is 120 cm³/mol. The fourth-order valence-electron chi connectivity index (χ4n) is 3.99. The summed E-state index contributed by atoms with van der Waals surface area (Å²) in [6.45, 7) is 2.45. The van der Waals surface area contributed by atoms with Gasteiger partial charge >= 0.3 is 5.97 Å². The summed E-state index contributed by atoms with van der Waals surface area (Å²) in [5, 5.41) is 12.3. The molecule has 0 bridgehead atoms. The van der Waals surface area contributed by atoms with Gasteiger partial charge in [-0.15, -0.1) is 0 Å². The van der Waals surface area contributed by atoms with Crippen LogP contribution in [0.15, 0.2) is 35.3 Å². The van der Waals surface area contributed by atoms with Crippen molar-refractivity contribution >= 4 is 28.2 Å². The average Bonchev–Trinajstić information content (AvgIpc) is 2.78. The number of nitrogens with one attached hydrogen (secondary N) is 1. The van der Waals surface area contributed by atoms with Crippen molar-refractivity contribution in [1.82, 2.24) is 4.57 Å². The summed E-state index contributed by atoms with van der Waals surface area (Å²) in [4.78, 5) is 24.3. The number of pyridine rings is 1. The Morgan fingerprint density at radius 2 is 2.22 bits per heavy atom. The molecule has 0 spiro atoms. The zero-order chi connectivity index (χ0) is 23.0. The lowest BCUT2D eigenvalue weighted by molar-refractivity contribution is 0.0694. The number of nitrogens with two attached hydrogens (primary N) is 1. The van der Waals surface area contributed by atoms with E-state index in [2.05, 4.69) is 5.32 Å². The first-order valence-corrected chi connectivity index (χ1v) is 10.3. The highest BCUT2D eigenvalue weighted by molar-refractivity contribution is 6.03. The van der Waals surface area contributed by atoms with E-state index in [1.54, 1.807) is 11.7 Å². The fraction of sp³-hybridized carbons (Fsp3) is 0.304. The number of carbonyl (C=O) groups is 1. The number of aromatic carboxylic acids is 1. The van der Waals surface area contributed by atoms with Crippen LogP contribution in [0.4, 0.5) is 15.8 Å². The molecule has 0 radical (unpaired) electrons. The van der Waals surface area contributed by atoms with Gasteiger partial charge in [-0.05, 0) is 37.5 Å². The molecule has 8 nitrogen and oxygen atoms in total. The summed E-state index contributed by atoms with van der Waals surface area (Å²) in [5.74, 6) is -1.27.